The highest BCUT2D eigenvalue weighted by atomic mass is 32.1. The van der Waals surface area contributed by atoms with Crippen molar-refractivity contribution in [2.24, 2.45) is 5.73 Å². The van der Waals surface area contributed by atoms with Gasteiger partial charge in [-0.2, -0.15) is 0 Å². The Morgan fingerprint density at radius 3 is 2.80 bits per heavy atom. The zero-order valence-electron chi connectivity index (χ0n) is 19.2. The maximum absolute atomic E-state index is 14.6. The zero-order valence-corrected chi connectivity index (χ0v) is 20.1. The second-order valence-corrected chi connectivity index (χ2v) is 9.54. The van der Waals surface area contributed by atoms with Gasteiger partial charge in [-0.25, -0.2) is 14.4 Å². The number of fused-ring (bicyclic) bond motifs is 1. The van der Waals surface area contributed by atoms with Crippen molar-refractivity contribution in [1.29, 1.82) is 0 Å². The van der Waals surface area contributed by atoms with E-state index in [0.29, 0.717) is 27.5 Å². The molecule has 0 aliphatic carbocycles. The summed E-state index contributed by atoms with van der Waals surface area (Å²) in [6.07, 6.45) is 1.50. The Morgan fingerprint density at radius 2 is 2.06 bits per heavy atom. The van der Waals surface area contributed by atoms with Crippen LogP contribution in [0.2, 0.25) is 0 Å². The summed E-state index contributed by atoms with van der Waals surface area (Å²) in [6, 6.07) is 13.2. The molecule has 0 unspecified atom stereocenters. The number of halogens is 1. The summed E-state index contributed by atoms with van der Waals surface area (Å²) in [5, 5.41) is 13.0. The van der Waals surface area contributed by atoms with Gasteiger partial charge in [-0.05, 0) is 49.7 Å². The van der Waals surface area contributed by atoms with Crippen LogP contribution in [0, 0.1) is 5.82 Å². The monoisotopic (exact) mass is 496 g/mol. The quantitative estimate of drug-likeness (QED) is 0.314. The van der Waals surface area contributed by atoms with Crippen molar-refractivity contribution in [1.82, 2.24) is 9.97 Å². The maximum atomic E-state index is 14.6. The molecule has 10 heteroatoms. The average Bonchev–Trinajstić information content (AvgIpc) is 3.20. The van der Waals surface area contributed by atoms with Crippen LogP contribution in [0.1, 0.15) is 25.0 Å². The van der Waals surface area contributed by atoms with Crippen LogP contribution in [0.4, 0.5) is 9.52 Å². The first-order valence-electron chi connectivity index (χ1n) is 10.9. The van der Waals surface area contributed by atoms with Gasteiger partial charge in [-0.15, -0.1) is 0 Å². The lowest BCUT2D eigenvalue weighted by atomic mass is 10.1. The summed E-state index contributed by atoms with van der Waals surface area (Å²) in [4.78, 5) is 21.1. The fourth-order valence-corrected chi connectivity index (χ4v) is 4.03. The lowest BCUT2D eigenvalue weighted by Gasteiger charge is -2.17. The van der Waals surface area contributed by atoms with Crippen LogP contribution < -0.4 is 20.5 Å². The van der Waals surface area contributed by atoms with Crippen LogP contribution in [-0.2, 0) is 17.8 Å². The molecule has 4 rings (SSSR count). The number of ether oxygens (including phenoxy) is 2. The van der Waals surface area contributed by atoms with Crippen LogP contribution in [0.3, 0.4) is 0 Å². The third-order valence-corrected chi connectivity index (χ3v) is 5.79. The van der Waals surface area contributed by atoms with Crippen molar-refractivity contribution in [2.75, 3.05) is 11.9 Å². The lowest BCUT2D eigenvalue weighted by Crippen LogP contribution is -2.27. The minimum atomic E-state index is -0.953. The van der Waals surface area contributed by atoms with Crippen molar-refractivity contribution in [2.45, 2.75) is 32.4 Å². The van der Waals surface area contributed by atoms with E-state index in [-0.39, 0.29) is 37.1 Å². The van der Waals surface area contributed by atoms with Crippen molar-refractivity contribution in [3.8, 4) is 17.4 Å². The molecule has 8 nitrogen and oxygen atoms in total. The van der Waals surface area contributed by atoms with Crippen LogP contribution in [0.25, 0.3) is 10.2 Å². The molecule has 182 valence electrons. The number of nitrogens with zero attached hydrogens (tertiary/aromatic N) is 2. The zero-order chi connectivity index (χ0) is 25.0. The predicted octanol–water partition coefficient (Wildman–Crippen LogP) is 4.41. The molecule has 0 spiro atoms. The first-order valence-corrected chi connectivity index (χ1v) is 11.7. The number of nitrogens with two attached hydrogens (primary N) is 1. The molecule has 0 aliphatic rings. The van der Waals surface area contributed by atoms with Crippen LogP contribution in [-0.4, -0.2) is 33.2 Å². The normalized spacial score (nSPS) is 11.5. The maximum Gasteiger partial charge on any atom is 0.230 e. The Labute approximate surface area is 205 Å². The average molecular weight is 497 g/mol. The molecule has 1 amide bonds. The summed E-state index contributed by atoms with van der Waals surface area (Å²) in [6.45, 7) is 3.67. The van der Waals surface area contributed by atoms with Gasteiger partial charge in [-0.1, -0.05) is 23.5 Å². The van der Waals surface area contributed by atoms with Crippen molar-refractivity contribution in [3.63, 3.8) is 0 Å². The molecule has 0 aliphatic heterocycles. The SMILES string of the molecule is CC(C)(O)COc1ccc2sc(NC(=O)Cc3ccc(Oc4ncccc4CN)c(F)c3)nc2c1. The number of thiazole rings is 1. The van der Waals surface area contributed by atoms with Gasteiger partial charge in [0.05, 0.1) is 22.2 Å². The summed E-state index contributed by atoms with van der Waals surface area (Å²) >= 11 is 1.32. The van der Waals surface area contributed by atoms with Crippen molar-refractivity contribution >= 4 is 32.6 Å². The largest absolute Gasteiger partial charge is 0.491 e. The third-order valence-electron chi connectivity index (χ3n) is 4.83. The fraction of sp³-hybridized carbons (Fsp3) is 0.240. The highest BCUT2D eigenvalue weighted by molar-refractivity contribution is 7.22. The number of anilines is 1. The highest BCUT2D eigenvalue weighted by Crippen LogP contribution is 2.30. The molecule has 0 bridgehead atoms. The minimum Gasteiger partial charge on any atom is -0.491 e. The van der Waals surface area contributed by atoms with Gasteiger partial charge in [0.25, 0.3) is 0 Å². The number of amides is 1. The number of carbonyl (C=O) groups is 1. The Balaban J connectivity index is 1.39. The summed E-state index contributed by atoms with van der Waals surface area (Å²) in [5.41, 5.74) is 6.52. The van der Waals surface area contributed by atoms with Crippen LogP contribution >= 0.6 is 11.3 Å². The van der Waals surface area contributed by atoms with Gasteiger partial charge in [0.1, 0.15) is 12.4 Å². The van der Waals surface area contributed by atoms with E-state index in [4.69, 9.17) is 15.2 Å². The molecular formula is C25H25FN4O4S. The molecule has 0 atom stereocenters. The molecule has 0 saturated heterocycles. The standard InChI is InChI=1S/C25H25FN4O4S/c1-25(2,32)14-33-17-6-8-21-19(12-17)29-24(35-21)30-22(31)11-15-5-7-20(18(26)10-15)34-23-16(13-27)4-3-9-28-23/h3-10,12,32H,11,13-14,27H2,1-2H3,(H,29,30,31). The number of hydrogen-bond acceptors (Lipinski definition) is 8. The molecule has 2 heterocycles. The lowest BCUT2D eigenvalue weighted by molar-refractivity contribution is -0.115. The molecule has 0 radical (unpaired) electrons. The summed E-state index contributed by atoms with van der Waals surface area (Å²) in [7, 11) is 0. The van der Waals surface area contributed by atoms with Gasteiger partial charge < -0.3 is 25.6 Å². The van der Waals surface area contributed by atoms with Gasteiger partial charge in [0, 0.05) is 24.4 Å². The number of benzene rings is 2. The van der Waals surface area contributed by atoms with Gasteiger partial charge >= 0.3 is 0 Å². The molecule has 4 aromatic rings. The topological polar surface area (TPSA) is 120 Å². The number of aliphatic hydroxyl groups is 1. The number of rotatable bonds is 9. The Morgan fingerprint density at radius 1 is 1.23 bits per heavy atom. The Hall–Kier alpha value is -3.60. The Bertz CT molecular complexity index is 1350. The van der Waals surface area contributed by atoms with Crippen LogP contribution in [0.15, 0.2) is 54.7 Å². The van der Waals surface area contributed by atoms with E-state index in [1.54, 1.807) is 44.2 Å². The molecule has 0 saturated carbocycles. The van der Waals surface area contributed by atoms with E-state index in [1.807, 2.05) is 6.07 Å². The number of aromatic nitrogens is 2. The molecule has 0 fully saturated rings. The summed E-state index contributed by atoms with van der Waals surface area (Å²) < 4.78 is 26.6. The molecule has 2 aromatic carbocycles. The van der Waals surface area contributed by atoms with Gasteiger partial charge in [0.15, 0.2) is 16.7 Å². The van der Waals surface area contributed by atoms with Crippen molar-refractivity contribution in [3.05, 3.63) is 71.7 Å². The number of pyridine rings is 1. The number of hydrogen-bond donors (Lipinski definition) is 3. The van der Waals surface area contributed by atoms with E-state index >= 15 is 0 Å². The predicted molar refractivity (Wildman–Crippen MR) is 132 cm³/mol. The molecule has 35 heavy (non-hydrogen) atoms. The first kappa shape index (κ1) is 24.5. The van der Waals surface area contributed by atoms with E-state index in [9.17, 15) is 14.3 Å². The first-order chi connectivity index (χ1) is 16.7. The minimum absolute atomic E-state index is 0.00339. The van der Waals surface area contributed by atoms with E-state index < -0.39 is 11.4 Å². The van der Waals surface area contributed by atoms with Gasteiger partial charge in [0.2, 0.25) is 11.8 Å². The smallest absolute Gasteiger partial charge is 0.230 e. The highest BCUT2D eigenvalue weighted by Gasteiger charge is 2.15. The van der Waals surface area contributed by atoms with E-state index in [0.717, 1.165) is 4.70 Å². The number of nitrogens with one attached hydrogen (secondary N) is 1. The van der Waals surface area contributed by atoms with E-state index in [2.05, 4.69) is 15.3 Å². The second-order valence-electron chi connectivity index (χ2n) is 8.51. The third kappa shape index (κ3) is 6.50. The van der Waals surface area contributed by atoms with Gasteiger partial charge in [-0.3, -0.25) is 4.79 Å². The second kappa shape index (κ2) is 10.3. The van der Waals surface area contributed by atoms with E-state index in [1.165, 1.54) is 29.7 Å². The Kier molecular flexibility index (Phi) is 7.25. The molecule has 4 N–H and O–H groups in total. The summed E-state index contributed by atoms with van der Waals surface area (Å²) in [5.74, 6) is -0.127. The van der Waals surface area contributed by atoms with Crippen LogP contribution in [0.5, 0.6) is 17.4 Å². The van der Waals surface area contributed by atoms with Crippen molar-refractivity contribution < 1.29 is 23.8 Å². The molecular weight excluding hydrogens is 471 g/mol. The number of carbonyl (C=O) groups excluding carboxylic acids is 1. The fourth-order valence-electron chi connectivity index (χ4n) is 3.17. The molecule has 2 aromatic heterocycles.